The van der Waals surface area contributed by atoms with E-state index in [-0.39, 0.29) is 24.8 Å². The van der Waals surface area contributed by atoms with E-state index in [0.717, 1.165) is 5.56 Å². The van der Waals surface area contributed by atoms with Crippen molar-refractivity contribution in [3.8, 4) is 11.5 Å². The normalized spacial score (nSPS) is 10.4. The molecular weight excluding hydrogens is 350 g/mol. The van der Waals surface area contributed by atoms with Gasteiger partial charge in [0.25, 0.3) is 0 Å². The number of aromatic nitrogens is 1. The molecule has 0 aliphatic rings. The summed E-state index contributed by atoms with van der Waals surface area (Å²) in [7, 11) is 3.17. The Morgan fingerprint density at radius 3 is 2.52 bits per heavy atom. The van der Waals surface area contributed by atoms with Crippen LogP contribution in [0.3, 0.4) is 0 Å². The molecule has 0 saturated carbocycles. The van der Waals surface area contributed by atoms with E-state index in [4.69, 9.17) is 14.0 Å². The molecule has 146 valence electrons. The van der Waals surface area contributed by atoms with Gasteiger partial charge in [-0.15, -0.1) is 0 Å². The van der Waals surface area contributed by atoms with E-state index in [1.807, 2.05) is 18.2 Å². The van der Waals surface area contributed by atoms with E-state index in [1.165, 1.54) is 11.8 Å². The number of nitrogens with zero attached hydrogens (tertiary/aromatic N) is 2. The number of methoxy groups -OCH3 is 2. The van der Waals surface area contributed by atoms with Gasteiger partial charge in [-0.25, -0.2) is 0 Å². The maximum atomic E-state index is 12.1. The van der Waals surface area contributed by atoms with Crippen LogP contribution in [0.25, 0.3) is 0 Å². The van der Waals surface area contributed by atoms with Crippen molar-refractivity contribution >= 4 is 17.6 Å². The number of amides is 2. The average molecular weight is 375 g/mol. The lowest BCUT2D eigenvalue weighted by molar-refractivity contribution is -0.121. The fourth-order valence-corrected chi connectivity index (χ4v) is 2.60. The molecule has 0 saturated heterocycles. The predicted octanol–water partition coefficient (Wildman–Crippen LogP) is 2.10. The third kappa shape index (κ3) is 5.73. The van der Waals surface area contributed by atoms with Crippen LogP contribution in [-0.2, 0) is 16.0 Å². The van der Waals surface area contributed by atoms with Gasteiger partial charge in [0.1, 0.15) is 5.76 Å². The number of hydrogen-bond acceptors (Lipinski definition) is 6. The number of hydrogen-bond donors (Lipinski definition) is 1. The van der Waals surface area contributed by atoms with Crippen LogP contribution in [0.4, 0.5) is 5.82 Å². The van der Waals surface area contributed by atoms with Crippen molar-refractivity contribution in [1.29, 1.82) is 0 Å². The highest BCUT2D eigenvalue weighted by atomic mass is 16.5. The van der Waals surface area contributed by atoms with Crippen molar-refractivity contribution in [2.45, 2.75) is 26.7 Å². The highest BCUT2D eigenvalue weighted by Crippen LogP contribution is 2.27. The van der Waals surface area contributed by atoms with Gasteiger partial charge < -0.3 is 19.3 Å². The van der Waals surface area contributed by atoms with Crippen molar-refractivity contribution in [3.05, 3.63) is 35.6 Å². The molecule has 0 fully saturated rings. The number of benzene rings is 1. The summed E-state index contributed by atoms with van der Waals surface area (Å²) >= 11 is 0. The summed E-state index contributed by atoms with van der Waals surface area (Å²) in [6.07, 6.45) is 0.836. The monoisotopic (exact) mass is 375 g/mol. The SMILES string of the molecule is COc1ccc(CCNC(=O)CCN(C(C)=O)c2cc(C)on2)cc1OC. The molecule has 0 aliphatic heterocycles. The number of rotatable bonds is 9. The van der Waals surface area contributed by atoms with Crippen LogP contribution >= 0.6 is 0 Å². The molecule has 1 aromatic carbocycles. The van der Waals surface area contributed by atoms with Gasteiger partial charge in [0, 0.05) is 32.5 Å². The van der Waals surface area contributed by atoms with Crippen molar-refractivity contribution in [3.63, 3.8) is 0 Å². The van der Waals surface area contributed by atoms with Crippen molar-refractivity contribution in [2.24, 2.45) is 0 Å². The lowest BCUT2D eigenvalue weighted by atomic mass is 10.1. The molecule has 2 rings (SSSR count). The zero-order valence-corrected chi connectivity index (χ0v) is 16.1. The molecule has 0 spiro atoms. The Bertz CT molecular complexity index is 787. The number of anilines is 1. The highest BCUT2D eigenvalue weighted by Gasteiger charge is 2.16. The third-order valence-corrected chi connectivity index (χ3v) is 4.02. The Morgan fingerprint density at radius 1 is 1.19 bits per heavy atom. The van der Waals surface area contributed by atoms with Gasteiger partial charge in [0.2, 0.25) is 11.8 Å². The van der Waals surface area contributed by atoms with Crippen molar-refractivity contribution < 1.29 is 23.6 Å². The fraction of sp³-hybridized carbons (Fsp3) is 0.421. The quantitative estimate of drug-likeness (QED) is 0.721. The smallest absolute Gasteiger partial charge is 0.225 e. The van der Waals surface area contributed by atoms with Crippen LogP contribution < -0.4 is 19.7 Å². The topological polar surface area (TPSA) is 93.9 Å². The zero-order chi connectivity index (χ0) is 19.8. The van der Waals surface area contributed by atoms with E-state index in [0.29, 0.717) is 36.0 Å². The summed E-state index contributed by atoms with van der Waals surface area (Å²) in [4.78, 5) is 25.3. The molecule has 0 unspecified atom stereocenters. The summed E-state index contributed by atoms with van der Waals surface area (Å²) in [5, 5.41) is 6.68. The van der Waals surface area contributed by atoms with E-state index < -0.39 is 0 Å². The summed E-state index contributed by atoms with van der Waals surface area (Å²) in [6, 6.07) is 7.31. The van der Waals surface area contributed by atoms with Gasteiger partial charge in [0.15, 0.2) is 17.3 Å². The number of aryl methyl sites for hydroxylation is 1. The number of carbonyl (C=O) groups is 2. The van der Waals surface area contributed by atoms with Crippen LogP contribution in [-0.4, -0.2) is 44.3 Å². The van der Waals surface area contributed by atoms with E-state index in [1.54, 1.807) is 27.2 Å². The van der Waals surface area contributed by atoms with Crippen LogP contribution in [0.2, 0.25) is 0 Å². The maximum absolute atomic E-state index is 12.1. The first kappa shape index (κ1) is 20.3. The second kappa shape index (κ2) is 9.61. The summed E-state index contributed by atoms with van der Waals surface area (Å²) < 4.78 is 15.5. The van der Waals surface area contributed by atoms with Crippen LogP contribution in [0.1, 0.15) is 24.7 Å². The molecule has 8 heteroatoms. The van der Waals surface area contributed by atoms with Gasteiger partial charge in [-0.2, -0.15) is 0 Å². The lowest BCUT2D eigenvalue weighted by Crippen LogP contribution is -2.34. The van der Waals surface area contributed by atoms with E-state index in [9.17, 15) is 9.59 Å². The number of nitrogens with one attached hydrogen (secondary N) is 1. The Balaban J connectivity index is 1.81. The summed E-state index contributed by atoms with van der Waals surface area (Å²) in [6.45, 7) is 3.90. The molecule has 1 aromatic heterocycles. The Morgan fingerprint density at radius 2 is 1.93 bits per heavy atom. The van der Waals surface area contributed by atoms with Gasteiger partial charge in [-0.3, -0.25) is 14.5 Å². The largest absolute Gasteiger partial charge is 0.493 e. The number of carbonyl (C=O) groups excluding carboxylic acids is 2. The van der Waals surface area contributed by atoms with Gasteiger partial charge in [0.05, 0.1) is 14.2 Å². The summed E-state index contributed by atoms with van der Waals surface area (Å²) in [5.74, 6) is 2.01. The van der Waals surface area contributed by atoms with Gasteiger partial charge >= 0.3 is 0 Å². The molecule has 1 heterocycles. The van der Waals surface area contributed by atoms with Gasteiger partial charge in [-0.05, 0) is 31.0 Å². The van der Waals surface area contributed by atoms with E-state index in [2.05, 4.69) is 10.5 Å². The maximum Gasteiger partial charge on any atom is 0.225 e. The first-order valence-corrected chi connectivity index (χ1v) is 8.63. The Labute approximate surface area is 158 Å². The molecule has 0 bridgehead atoms. The molecule has 0 atom stereocenters. The second-order valence-electron chi connectivity index (χ2n) is 6.01. The molecule has 2 amide bonds. The van der Waals surface area contributed by atoms with Gasteiger partial charge in [-0.1, -0.05) is 11.2 Å². The van der Waals surface area contributed by atoms with Crippen molar-refractivity contribution in [2.75, 3.05) is 32.2 Å². The number of ether oxygens (including phenoxy) is 2. The first-order valence-electron chi connectivity index (χ1n) is 8.63. The molecule has 2 aromatic rings. The highest BCUT2D eigenvalue weighted by molar-refractivity contribution is 5.91. The minimum atomic E-state index is -0.193. The van der Waals surface area contributed by atoms with Crippen LogP contribution in [0, 0.1) is 6.92 Å². The van der Waals surface area contributed by atoms with E-state index >= 15 is 0 Å². The fourth-order valence-electron chi connectivity index (χ4n) is 2.60. The minimum Gasteiger partial charge on any atom is -0.493 e. The first-order chi connectivity index (χ1) is 12.9. The van der Waals surface area contributed by atoms with Crippen LogP contribution in [0.5, 0.6) is 11.5 Å². The zero-order valence-electron chi connectivity index (χ0n) is 16.1. The summed E-state index contributed by atoms with van der Waals surface area (Å²) in [5.41, 5.74) is 1.02. The molecule has 8 nitrogen and oxygen atoms in total. The predicted molar refractivity (Wildman–Crippen MR) is 100 cm³/mol. The lowest BCUT2D eigenvalue weighted by Gasteiger charge is -2.17. The molecule has 27 heavy (non-hydrogen) atoms. The molecule has 1 N–H and O–H groups in total. The molecule has 0 aliphatic carbocycles. The second-order valence-corrected chi connectivity index (χ2v) is 6.01. The minimum absolute atomic E-state index is 0.137. The molecule has 0 radical (unpaired) electrons. The van der Waals surface area contributed by atoms with Crippen molar-refractivity contribution in [1.82, 2.24) is 10.5 Å². The Kier molecular flexibility index (Phi) is 7.22. The van der Waals surface area contributed by atoms with Crippen LogP contribution in [0.15, 0.2) is 28.8 Å². The Hall–Kier alpha value is -3.03. The average Bonchev–Trinajstić information content (AvgIpc) is 3.07. The molecular formula is C19H25N3O5. The third-order valence-electron chi connectivity index (χ3n) is 4.02. The standard InChI is InChI=1S/C19H25N3O5/c1-13-11-18(21-27-13)22(14(2)23)10-8-19(24)20-9-7-15-5-6-16(25-3)17(12-15)26-4/h5-6,11-12H,7-10H2,1-4H3,(H,20,24).